The van der Waals surface area contributed by atoms with Crippen LogP contribution in [0.2, 0.25) is 0 Å². The van der Waals surface area contributed by atoms with Crippen molar-refractivity contribution in [1.82, 2.24) is 5.32 Å². The van der Waals surface area contributed by atoms with Gasteiger partial charge in [0.15, 0.2) is 0 Å². The Morgan fingerprint density at radius 2 is 2.06 bits per heavy atom. The maximum atomic E-state index is 12.0. The molecule has 0 aliphatic heterocycles. The topological polar surface area (TPSA) is 55.1 Å². The second kappa shape index (κ2) is 5.03. The van der Waals surface area contributed by atoms with Gasteiger partial charge in [-0.15, -0.1) is 0 Å². The lowest BCUT2D eigenvalue weighted by Crippen LogP contribution is -2.42. The van der Waals surface area contributed by atoms with Crippen LogP contribution in [0.15, 0.2) is 18.2 Å². The zero-order valence-corrected chi connectivity index (χ0v) is 12.0. The van der Waals surface area contributed by atoms with Gasteiger partial charge in [0.25, 0.3) is 5.91 Å². The Hall–Kier alpha value is -0.780. The number of hydrogen-bond acceptors (Lipinski definition) is 2. The fourth-order valence-electron chi connectivity index (χ4n) is 1.21. The second-order valence-corrected chi connectivity index (χ2v) is 5.71. The van der Waals surface area contributed by atoms with Gasteiger partial charge in [-0.05, 0) is 61.1 Å². The van der Waals surface area contributed by atoms with Crippen LogP contribution >= 0.6 is 22.6 Å². The lowest BCUT2D eigenvalue weighted by molar-refractivity contribution is 0.0911. The molecule has 88 valence electrons. The number of halogens is 1. The van der Waals surface area contributed by atoms with Crippen molar-refractivity contribution < 1.29 is 4.79 Å². The van der Waals surface area contributed by atoms with Gasteiger partial charge in [-0.3, -0.25) is 4.79 Å². The van der Waals surface area contributed by atoms with Gasteiger partial charge >= 0.3 is 0 Å². The molecule has 0 heterocycles. The van der Waals surface area contributed by atoms with Crippen LogP contribution in [0.25, 0.3) is 0 Å². The normalized spacial score (nSPS) is 11.2. The monoisotopic (exact) mass is 332 g/mol. The number of carbonyl (C=O) groups is 1. The lowest BCUT2D eigenvalue weighted by atomic mass is 10.0. The van der Waals surface area contributed by atoms with Crippen molar-refractivity contribution in [3.05, 3.63) is 27.3 Å². The minimum Gasteiger partial charge on any atom is -0.399 e. The molecule has 0 bridgehead atoms. The number of nitrogens with one attached hydrogen (secondary N) is 1. The maximum Gasteiger partial charge on any atom is 0.251 e. The molecule has 0 spiro atoms. The van der Waals surface area contributed by atoms with Crippen LogP contribution < -0.4 is 11.1 Å². The summed E-state index contributed by atoms with van der Waals surface area (Å²) in [5.41, 5.74) is 6.75. The molecule has 0 aromatic heterocycles. The van der Waals surface area contributed by atoms with Gasteiger partial charge in [0.1, 0.15) is 0 Å². The highest BCUT2D eigenvalue weighted by atomic mass is 127. The largest absolute Gasteiger partial charge is 0.399 e. The summed E-state index contributed by atoms with van der Waals surface area (Å²) in [7, 11) is 0. The molecule has 0 atom stereocenters. The van der Waals surface area contributed by atoms with E-state index in [9.17, 15) is 4.79 Å². The van der Waals surface area contributed by atoms with Crippen molar-refractivity contribution >= 4 is 34.2 Å². The first-order valence-electron chi connectivity index (χ1n) is 5.22. The van der Waals surface area contributed by atoms with E-state index in [1.54, 1.807) is 6.07 Å². The van der Waals surface area contributed by atoms with Crippen LogP contribution in [0, 0.1) is 3.57 Å². The van der Waals surface area contributed by atoms with Crippen LogP contribution in [-0.2, 0) is 0 Å². The molecule has 4 heteroatoms. The van der Waals surface area contributed by atoms with Gasteiger partial charge in [0.2, 0.25) is 0 Å². The van der Waals surface area contributed by atoms with Crippen molar-refractivity contribution in [3.8, 4) is 0 Å². The quantitative estimate of drug-likeness (QED) is 0.661. The van der Waals surface area contributed by atoms with E-state index in [-0.39, 0.29) is 11.4 Å². The van der Waals surface area contributed by atoms with Crippen LogP contribution in [0.1, 0.15) is 37.6 Å². The third-order valence-electron chi connectivity index (χ3n) is 2.52. The fraction of sp³-hybridized carbons (Fsp3) is 0.417. The summed E-state index contributed by atoms with van der Waals surface area (Å²) in [6, 6.07) is 5.36. The third-order valence-corrected chi connectivity index (χ3v) is 3.14. The van der Waals surface area contributed by atoms with Crippen LogP contribution in [0.4, 0.5) is 5.69 Å². The first-order chi connectivity index (χ1) is 7.34. The van der Waals surface area contributed by atoms with Gasteiger partial charge in [-0.2, -0.15) is 0 Å². The van der Waals surface area contributed by atoms with E-state index in [4.69, 9.17) is 5.73 Å². The van der Waals surface area contributed by atoms with Crippen molar-refractivity contribution in [2.45, 2.75) is 32.7 Å². The minimum atomic E-state index is -0.187. The lowest BCUT2D eigenvalue weighted by Gasteiger charge is -2.24. The number of rotatable bonds is 3. The first kappa shape index (κ1) is 13.3. The minimum absolute atomic E-state index is 0.0722. The summed E-state index contributed by atoms with van der Waals surface area (Å²) in [6.45, 7) is 6.05. The Morgan fingerprint density at radius 3 is 2.56 bits per heavy atom. The third kappa shape index (κ3) is 3.66. The van der Waals surface area contributed by atoms with Gasteiger partial charge in [-0.25, -0.2) is 0 Å². The number of carbonyl (C=O) groups excluding carboxylic acids is 1. The van der Waals surface area contributed by atoms with E-state index in [1.165, 1.54) is 0 Å². The molecule has 0 saturated heterocycles. The number of nitrogen functional groups attached to an aromatic ring is 1. The molecule has 1 amide bonds. The molecule has 3 nitrogen and oxygen atoms in total. The Bertz CT molecular complexity index is 382. The summed E-state index contributed by atoms with van der Waals surface area (Å²) in [5, 5.41) is 2.98. The molecule has 1 aromatic carbocycles. The Labute approximate surface area is 110 Å². The SMILES string of the molecule is CCC(C)(C)NC(=O)c1cc(N)cc(I)c1. The summed E-state index contributed by atoms with van der Waals surface area (Å²) in [6.07, 6.45) is 0.887. The Morgan fingerprint density at radius 1 is 1.44 bits per heavy atom. The molecule has 16 heavy (non-hydrogen) atoms. The van der Waals surface area contributed by atoms with E-state index in [0.29, 0.717) is 11.3 Å². The van der Waals surface area contributed by atoms with E-state index >= 15 is 0 Å². The highest BCUT2D eigenvalue weighted by Gasteiger charge is 2.19. The number of benzene rings is 1. The predicted molar refractivity (Wildman–Crippen MR) is 75.4 cm³/mol. The zero-order valence-electron chi connectivity index (χ0n) is 9.80. The predicted octanol–water partition coefficient (Wildman–Crippen LogP) is 2.79. The molecule has 0 saturated carbocycles. The molecule has 0 unspecified atom stereocenters. The van der Waals surface area contributed by atoms with E-state index in [1.807, 2.05) is 32.9 Å². The molecule has 0 aliphatic rings. The van der Waals surface area contributed by atoms with E-state index in [2.05, 4.69) is 27.9 Å². The summed E-state index contributed by atoms with van der Waals surface area (Å²) >= 11 is 2.15. The highest BCUT2D eigenvalue weighted by molar-refractivity contribution is 14.1. The van der Waals surface area contributed by atoms with Crippen LogP contribution in [0.5, 0.6) is 0 Å². The highest BCUT2D eigenvalue weighted by Crippen LogP contribution is 2.15. The first-order valence-corrected chi connectivity index (χ1v) is 6.30. The fourth-order valence-corrected chi connectivity index (χ4v) is 1.91. The molecule has 1 rings (SSSR count). The van der Waals surface area contributed by atoms with Gasteiger partial charge in [-0.1, -0.05) is 6.92 Å². The Balaban J connectivity index is 2.89. The van der Waals surface area contributed by atoms with Gasteiger partial charge in [0.05, 0.1) is 0 Å². The van der Waals surface area contributed by atoms with Crippen LogP contribution in [-0.4, -0.2) is 11.4 Å². The molecule has 0 fully saturated rings. The second-order valence-electron chi connectivity index (χ2n) is 4.46. The molecule has 1 aromatic rings. The summed E-state index contributed by atoms with van der Waals surface area (Å²) < 4.78 is 0.969. The Kier molecular flexibility index (Phi) is 4.18. The number of anilines is 1. The van der Waals surface area contributed by atoms with Crippen molar-refractivity contribution in [3.63, 3.8) is 0 Å². The van der Waals surface area contributed by atoms with Crippen molar-refractivity contribution in [1.29, 1.82) is 0 Å². The van der Waals surface area contributed by atoms with Crippen molar-refractivity contribution in [2.75, 3.05) is 5.73 Å². The summed E-state index contributed by atoms with van der Waals surface area (Å²) in [4.78, 5) is 12.0. The van der Waals surface area contributed by atoms with Crippen LogP contribution in [0.3, 0.4) is 0 Å². The molecular formula is C12H17IN2O. The smallest absolute Gasteiger partial charge is 0.251 e. The maximum absolute atomic E-state index is 12.0. The van der Waals surface area contributed by atoms with Gasteiger partial charge in [0, 0.05) is 20.4 Å². The standard InChI is InChI=1S/C12H17IN2O/c1-4-12(2,3)15-11(16)8-5-9(13)7-10(14)6-8/h5-7H,4,14H2,1-3H3,(H,15,16). The number of nitrogens with two attached hydrogens (primary N) is 1. The molecule has 3 N–H and O–H groups in total. The average molecular weight is 332 g/mol. The van der Waals surface area contributed by atoms with Gasteiger partial charge < -0.3 is 11.1 Å². The zero-order chi connectivity index (χ0) is 12.3. The van der Waals surface area contributed by atoms with E-state index < -0.39 is 0 Å². The van der Waals surface area contributed by atoms with E-state index in [0.717, 1.165) is 9.99 Å². The molecule has 0 radical (unpaired) electrons. The van der Waals surface area contributed by atoms with Crippen molar-refractivity contribution in [2.24, 2.45) is 0 Å². The molecular weight excluding hydrogens is 315 g/mol. The number of hydrogen-bond donors (Lipinski definition) is 2. The number of amides is 1. The average Bonchev–Trinajstić information content (AvgIpc) is 2.15. The molecule has 0 aliphatic carbocycles. The summed E-state index contributed by atoms with van der Waals surface area (Å²) in [5.74, 6) is -0.0722.